The lowest BCUT2D eigenvalue weighted by molar-refractivity contribution is 0.0609. The fourth-order valence-corrected chi connectivity index (χ4v) is 3.29. The normalized spacial score (nSPS) is 21.6. The first-order chi connectivity index (χ1) is 10.7. The molecule has 1 amide bonds. The van der Waals surface area contributed by atoms with Crippen molar-refractivity contribution in [3.8, 4) is 0 Å². The van der Waals surface area contributed by atoms with E-state index in [-0.39, 0.29) is 22.8 Å². The number of benzene rings is 1. The second-order valence-electron chi connectivity index (χ2n) is 5.68. The van der Waals surface area contributed by atoms with Gasteiger partial charge in [-0.05, 0) is 31.2 Å². The van der Waals surface area contributed by atoms with Gasteiger partial charge in [0.2, 0.25) is 0 Å². The second-order valence-corrected chi connectivity index (χ2v) is 6.03. The molecule has 2 unspecified atom stereocenters. The number of aromatic nitrogens is 2. The van der Waals surface area contributed by atoms with Crippen molar-refractivity contribution in [2.75, 3.05) is 6.54 Å². The van der Waals surface area contributed by atoms with E-state index in [9.17, 15) is 4.79 Å². The van der Waals surface area contributed by atoms with Crippen LogP contribution in [0.25, 0.3) is 0 Å². The SMILES string of the molecule is CC1CC(c2ccccc2)CCN1C(=O)c1nccnc1Cl. The van der Waals surface area contributed by atoms with Crippen LogP contribution in [0.1, 0.15) is 41.7 Å². The molecule has 0 bridgehead atoms. The number of hydrogen-bond donors (Lipinski definition) is 0. The molecule has 2 heterocycles. The first kappa shape index (κ1) is 15.0. The van der Waals surface area contributed by atoms with Crippen LogP contribution in [0.15, 0.2) is 42.7 Å². The Morgan fingerprint density at radius 3 is 2.64 bits per heavy atom. The van der Waals surface area contributed by atoms with E-state index in [1.54, 1.807) is 0 Å². The Hall–Kier alpha value is -1.94. The summed E-state index contributed by atoms with van der Waals surface area (Å²) < 4.78 is 0. The van der Waals surface area contributed by atoms with E-state index in [1.165, 1.54) is 18.0 Å². The van der Waals surface area contributed by atoms with Crippen molar-refractivity contribution >= 4 is 17.5 Å². The average molecular weight is 316 g/mol. The highest BCUT2D eigenvalue weighted by molar-refractivity contribution is 6.32. The third kappa shape index (κ3) is 2.97. The molecule has 0 saturated carbocycles. The zero-order valence-corrected chi connectivity index (χ0v) is 13.2. The van der Waals surface area contributed by atoms with Crippen molar-refractivity contribution < 1.29 is 4.79 Å². The van der Waals surface area contributed by atoms with Crippen LogP contribution >= 0.6 is 11.6 Å². The van der Waals surface area contributed by atoms with Crippen LogP contribution in [-0.4, -0.2) is 33.4 Å². The van der Waals surface area contributed by atoms with Crippen LogP contribution in [0, 0.1) is 0 Å². The minimum Gasteiger partial charge on any atom is -0.334 e. The number of amides is 1. The number of rotatable bonds is 2. The van der Waals surface area contributed by atoms with Gasteiger partial charge in [-0.15, -0.1) is 0 Å². The van der Waals surface area contributed by atoms with Crippen LogP contribution in [0.4, 0.5) is 0 Å². The molecule has 1 aliphatic heterocycles. The molecule has 4 nitrogen and oxygen atoms in total. The Morgan fingerprint density at radius 1 is 1.23 bits per heavy atom. The number of piperidine rings is 1. The summed E-state index contributed by atoms with van der Waals surface area (Å²) in [6, 6.07) is 10.6. The summed E-state index contributed by atoms with van der Waals surface area (Å²) in [6.07, 6.45) is 4.90. The largest absolute Gasteiger partial charge is 0.334 e. The van der Waals surface area contributed by atoms with Crippen LogP contribution < -0.4 is 0 Å². The summed E-state index contributed by atoms with van der Waals surface area (Å²) in [5.74, 6) is 0.370. The lowest BCUT2D eigenvalue weighted by Gasteiger charge is -2.37. The quantitative estimate of drug-likeness (QED) is 0.851. The lowest BCUT2D eigenvalue weighted by atomic mass is 9.86. The highest BCUT2D eigenvalue weighted by Gasteiger charge is 2.31. The van der Waals surface area contributed by atoms with Gasteiger partial charge in [-0.3, -0.25) is 4.79 Å². The van der Waals surface area contributed by atoms with Crippen LogP contribution in [-0.2, 0) is 0 Å². The maximum Gasteiger partial charge on any atom is 0.275 e. The topological polar surface area (TPSA) is 46.1 Å². The molecule has 1 fully saturated rings. The number of carbonyl (C=O) groups is 1. The monoisotopic (exact) mass is 315 g/mol. The lowest BCUT2D eigenvalue weighted by Crippen LogP contribution is -2.44. The molecule has 3 rings (SSSR count). The minimum atomic E-state index is -0.128. The van der Waals surface area contributed by atoms with Crippen LogP contribution in [0.5, 0.6) is 0 Å². The van der Waals surface area contributed by atoms with Crippen molar-refractivity contribution in [2.24, 2.45) is 0 Å². The summed E-state index contributed by atoms with van der Waals surface area (Å²) in [4.78, 5) is 22.5. The van der Waals surface area contributed by atoms with Crippen molar-refractivity contribution in [2.45, 2.75) is 31.7 Å². The number of nitrogens with zero attached hydrogens (tertiary/aromatic N) is 3. The zero-order valence-electron chi connectivity index (χ0n) is 12.4. The first-order valence-electron chi connectivity index (χ1n) is 7.49. The smallest absolute Gasteiger partial charge is 0.275 e. The van der Waals surface area contributed by atoms with Crippen LogP contribution in [0.3, 0.4) is 0 Å². The van der Waals surface area contributed by atoms with E-state index < -0.39 is 0 Å². The maximum atomic E-state index is 12.6. The van der Waals surface area contributed by atoms with E-state index in [2.05, 4.69) is 41.2 Å². The summed E-state index contributed by atoms with van der Waals surface area (Å²) in [6.45, 7) is 2.80. The maximum absolute atomic E-state index is 12.6. The summed E-state index contributed by atoms with van der Waals surface area (Å²) in [7, 11) is 0. The molecule has 5 heteroatoms. The number of hydrogen-bond acceptors (Lipinski definition) is 3. The van der Waals surface area contributed by atoms with Crippen molar-refractivity contribution in [3.63, 3.8) is 0 Å². The Balaban J connectivity index is 1.73. The van der Waals surface area contributed by atoms with Gasteiger partial charge >= 0.3 is 0 Å². The Bertz CT molecular complexity index is 662. The number of carbonyl (C=O) groups excluding carboxylic acids is 1. The molecule has 22 heavy (non-hydrogen) atoms. The molecule has 0 aliphatic carbocycles. The number of halogens is 1. The first-order valence-corrected chi connectivity index (χ1v) is 7.87. The third-order valence-corrected chi connectivity index (χ3v) is 4.54. The van der Waals surface area contributed by atoms with Gasteiger partial charge in [0.25, 0.3) is 5.91 Å². The fourth-order valence-electron chi connectivity index (χ4n) is 3.10. The van der Waals surface area contributed by atoms with Crippen molar-refractivity contribution in [1.29, 1.82) is 0 Å². The molecule has 0 spiro atoms. The third-order valence-electron chi connectivity index (χ3n) is 4.26. The van der Waals surface area contributed by atoms with Gasteiger partial charge in [-0.25, -0.2) is 9.97 Å². The van der Waals surface area contributed by atoms with E-state index in [4.69, 9.17) is 11.6 Å². The molecule has 2 atom stereocenters. The molecule has 1 aliphatic rings. The average Bonchev–Trinajstić information content (AvgIpc) is 2.55. The highest BCUT2D eigenvalue weighted by atomic mass is 35.5. The predicted octanol–water partition coefficient (Wildman–Crippen LogP) is 3.54. The van der Waals surface area contributed by atoms with Gasteiger partial charge in [-0.1, -0.05) is 41.9 Å². The van der Waals surface area contributed by atoms with Gasteiger partial charge in [0.1, 0.15) is 0 Å². The predicted molar refractivity (Wildman–Crippen MR) is 86.0 cm³/mol. The molecule has 1 saturated heterocycles. The van der Waals surface area contributed by atoms with E-state index in [1.807, 2.05) is 11.0 Å². The Morgan fingerprint density at radius 2 is 1.95 bits per heavy atom. The summed E-state index contributed by atoms with van der Waals surface area (Å²) in [5.41, 5.74) is 1.59. The van der Waals surface area contributed by atoms with Crippen molar-refractivity contribution in [1.82, 2.24) is 14.9 Å². The Kier molecular flexibility index (Phi) is 4.39. The Labute approximate surface area is 135 Å². The van der Waals surface area contributed by atoms with Gasteiger partial charge in [0.15, 0.2) is 10.8 Å². The fraction of sp³-hybridized carbons (Fsp3) is 0.353. The van der Waals surface area contributed by atoms with E-state index in [0.29, 0.717) is 12.5 Å². The van der Waals surface area contributed by atoms with E-state index in [0.717, 1.165) is 12.8 Å². The molecular weight excluding hydrogens is 298 g/mol. The molecule has 114 valence electrons. The molecule has 0 N–H and O–H groups in total. The molecule has 0 radical (unpaired) electrons. The molecular formula is C17H18ClN3O. The highest BCUT2D eigenvalue weighted by Crippen LogP contribution is 2.32. The summed E-state index contributed by atoms with van der Waals surface area (Å²) in [5, 5.41) is 0.171. The molecule has 2 aromatic rings. The van der Waals surface area contributed by atoms with Gasteiger partial charge in [-0.2, -0.15) is 0 Å². The minimum absolute atomic E-state index is 0.128. The standard InChI is InChI=1S/C17H18ClN3O/c1-12-11-14(13-5-3-2-4-6-13)7-10-21(12)17(22)15-16(18)20-9-8-19-15/h2-6,8-9,12,14H,7,10-11H2,1H3. The van der Waals surface area contributed by atoms with Gasteiger partial charge in [0.05, 0.1) is 0 Å². The van der Waals surface area contributed by atoms with Crippen molar-refractivity contribution in [3.05, 3.63) is 59.1 Å². The van der Waals surface area contributed by atoms with Gasteiger partial charge in [0, 0.05) is 25.0 Å². The second kappa shape index (κ2) is 6.44. The number of likely N-dealkylation sites (tertiary alicyclic amines) is 1. The zero-order chi connectivity index (χ0) is 15.5. The van der Waals surface area contributed by atoms with Gasteiger partial charge < -0.3 is 4.90 Å². The van der Waals surface area contributed by atoms with Crippen LogP contribution in [0.2, 0.25) is 5.15 Å². The molecule has 1 aromatic carbocycles. The molecule has 1 aromatic heterocycles. The van der Waals surface area contributed by atoms with E-state index >= 15 is 0 Å². The summed E-state index contributed by atoms with van der Waals surface area (Å²) >= 11 is 5.99.